The third kappa shape index (κ3) is 4.44. The number of rotatable bonds is 7. The molecule has 1 aromatic heterocycles. The summed E-state index contributed by atoms with van der Waals surface area (Å²) in [5.74, 6) is 0. The molecule has 0 amide bonds. The van der Waals surface area contributed by atoms with E-state index in [1.807, 2.05) is 12.3 Å². The fraction of sp³-hybridized carbons (Fsp3) is 0.643. The maximum Gasteiger partial charge on any atom is 0.0856 e. The first kappa shape index (κ1) is 14.1. The molecule has 1 aromatic rings. The normalized spacial score (nSPS) is 14.6. The van der Waals surface area contributed by atoms with E-state index in [0.717, 1.165) is 25.0 Å². The first-order chi connectivity index (χ1) is 8.21. The lowest BCUT2D eigenvalue weighted by Crippen LogP contribution is -2.30. The highest BCUT2D eigenvalue weighted by Crippen LogP contribution is 2.11. The van der Waals surface area contributed by atoms with Crippen molar-refractivity contribution in [1.82, 2.24) is 4.98 Å². The Morgan fingerprint density at radius 3 is 2.59 bits per heavy atom. The van der Waals surface area contributed by atoms with Gasteiger partial charge >= 0.3 is 0 Å². The van der Waals surface area contributed by atoms with E-state index < -0.39 is 6.10 Å². The van der Waals surface area contributed by atoms with Gasteiger partial charge in [0.1, 0.15) is 0 Å². The number of methoxy groups -OCH3 is 1. The average molecular weight is 237 g/mol. The van der Waals surface area contributed by atoms with E-state index in [9.17, 15) is 5.11 Å². The van der Waals surface area contributed by atoms with E-state index in [1.54, 1.807) is 7.11 Å². The van der Waals surface area contributed by atoms with Crippen LogP contribution in [0.15, 0.2) is 18.3 Å². The van der Waals surface area contributed by atoms with Crippen molar-refractivity contribution in [3.05, 3.63) is 29.6 Å². The van der Waals surface area contributed by atoms with Crippen LogP contribution in [0.5, 0.6) is 0 Å². The molecule has 3 nitrogen and oxygen atoms in total. The maximum absolute atomic E-state index is 10.1. The van der Waals surface area contributed by atoms with Gasteiger partial charge in [-0.2, -0.15) is 0 Å². The van der Waals surface area contributed by atoms with Crippen molar-refractivity contribution in [3.8, 4) is 0 Å². The highest BCUT2D eigenvalue weighted by atomic mass is 16.5. The molecule has 1 N–H and O–H groups in total. The molecule has 0 bridgehead atoms. The molecule has 0 aromatic carbocycles. The minimum atomic E-state index is -0.472. The third-order valence-corrected chi connectivity index (χ3v) is 3.02. The second-order valence-electron chi connectivity index (χ2n) is 4.35. The zero-order valence-electron chi connectivity index (χ0n) is 11.0. The van der Waals surface area contributed by atoms with Crippen molar-refractivity contribution in [2.75, 3.05) is 7.11 Å². The van der Waals surface area contributed by atoms with Gasteiger partial charge in [-0.3, -0.25) is 4.98 Å². The van der Waals surface area contributed by atoms with Crippen molar-refractivity contribution < 1.29 is 9.84 Å². The Kier molecular flexibility index (Phi) is 6.16. The quantitative estimate of drug-likeness (QED) is 0.791. The lowest BCUT2D eigenvalue weighted by molar-refractivity contribution is -0.0163. The molecule has 0 spiro atoms. The molecule has 2 unspecified atom stereocenters. The lowest BCUT2D eigenvalue weighted by Gasteiger charge is -2.20. The molecule has 1 heterocycles. The van der Waals surface area contributed by atoms with E-state index in [1.165, 1.54) is 5.56 Å². The molecular weight excluding hydrogens is 214 g/mol. The molecule has 0 aliphatic heterocycles. The van der Waals surface area contributed by atoms with Crippen LogP contribution >= 0.6 is 0 Å². The minimum Gasteiger partial charge on any atom is -0.390 e. The third-order valence-electron chi connectivity index (χ3n) is 3.02. The average Bonchev–Trinajstić information content (AvgIpc) is 2.36. The second kappa shape index (κ2) is 7.41. The van der Waals surface area contributed by atoms with E-state index >= 15 is 0 Å². The van der Waals surface area contributed by atoms with E-state index in [0.29, 0.717) is 6.42 Å². The van der Waals surface area contributed by atoms with Crippen LogP contribution in [0.2, 0.25) is 0 Å². The van der Waals surface area contributed by atoms with Gasteiger partial charge in [-0.05, 0) is 24.5 Å². The number of aromatic nitrogens is 1. The fourth-order valence-corrected chi connectivity index (χ4v) is 1.88. The van der Waals surface area contributed by atoms with Crippen LogP contribution in [0.4, 0.5) is 0 Å². The van der Waals surface area contributed by atoms with Crippen LogP contribution < -0.4 is 0 Å². The van der Waals surface area contributed by atoms with Crippen LogP contribution in [0.1, 0.15) is 37.9 Å². The molecule has 0 saturated carbocycles. The highest BCUT2D eigenvalue weighted by molar-refractivity contribution is 5.14. The Balaban J connectivity index is 2.56. The molecule has 0 saturated heterocycles. The number of ether oxygens (including phenoxy) is 1. The zero-order chi connectivity index (χ0) is 12.7. The molecule has 2 atom stereocenters. The van der Waals surface area contributed by atoms with Crippen LogP contribution in [0.3, 0.4) is 0 Å². The minimum absolute atomic E-state index is 0.0901. The molecule has 0 radical (unpaired) electrons. The van der Waals surface area contributed by atoms with Gasteiger partial charge in [-0.25, -0.2) is 0 Å². The number of aliphatic hydroxyl groups excluding tert-OH is 1. The summed E-state index contributed by atoms with van der Waals surface area (Å²) in [5, 5.41) is 10.1. The molecule has 1 rings (SSSR count). The smallest absolute Gasteiger partial charge is 0.0856 e. The molecule has 0 aliphatic carbocycles. The predicted molar refractivity (Wildman–Crippen MR) is 69.0 cm³/mol. The number of hydrogen-bond donors (Lipinski definition) is 1. The zero-order valence-corrected chi connectivity index (χ0v) is 11.0. The summed E-state index contributed by atoms with van der Waals surface area (Å²) in [5.41, 5.74) is 2.15. The topological polar surface area (TPSA) is 42.4 Å². The number of hydrogen-bond acceptors (Lipinski definition) is 3. The Morgan fingerprint density at radius 2 is 2.12 bits per heavy atom. The predicted octanol–water partition coefficient (Wildman–Crippen LogP) is 2.36. The summed E-state index contributed by atoms with van der Waals surface area (Å²) in [6, 6.07) is 4.05. The van der Waals surface area contributed by atoms with E-state index in [-0.39, 0.29) is 6.10 Å². The van der Waals surface area contributed by atoms with Gasteiger partial charge in [0.15, 0.2) is 0 Å². The highest BCUT2D eigenvalue weighted by Gasteiger charge is 2.18. The van der Waals surface area contributed by atoms with Gasteiger partial charge in [-0.15, -0.1) is 0 Å². The van der Waals surface area contributed by atoms with Crippen molar-refractivity contribution in [3.63, 3.8) is 0 Å². The van der Waals surface area contributed by atoms with Crippen LogP contribution in [-0.2, 0) is 17.6 Å². The summed E-state index contributed by atoms with van der Waals surface area (Å²) < 4.78 is 5.29. The van der Waals surface area contributed by atoms with Crippen molar-refractivity contribution in [2.24, 2.45) is 0 Å². The summed E-state index contributed by atoms with van der Waals surface area (Å²) in [6.07, 6.45) is 4.76. The Morgan fingerprint density at radius 1 is 1.35 bits per heavy atom. The number of aryl methyl sites for hydroxylation is 1. The second-order valence-corrected chi connectivity index (χ2v) is 4.35. The molecule has 3 heteroatoms. The van der Waals surface area contributed by atoms with Crippen molar-refractivity contribution in [1.29, 1.82) is 0 Å². The molecule has 0 fully saturated rings. The van der Waals surface area contributed by atoms with Gasteiger partial charge in [0.2, 0.25) is 0 Å². The number of aliphatic hydroxyl groups is 1. The van der Waals surface area contributed by atoms with E-state index in [2.05, 4.69) is 24.9 Å². The van der Waals surface area contributed by atoms with Crippen LogP contribution in [0.25, 0.3) is 0 Å². The Hall–Kier alpha value is -0.930. The van der Waals surface area contributed by atoms with Crippen LogP contribution in [-0.4, -0.2) is 29.4 Å². The van der Waals surface area contributed by atoms with Gasteiger partial charge in [-0.1, -0.05) is 26.3 Å². The van der Waals surface area contributed by atoms with Gasteiger partial charge in [0.05, 0.1) is 12.2 Å². The van der Waals surface area contributed by atoms with Crippen molar-refractivity contribution >= 4 is 0 Å². The standard InChI is InChI=1S/C14H23NO2/c1-4-6-14(17-3)13(16)9-12-8-7-11(5-2)10-15-12/h7-8,10,13-14,16H,4-6,9H2,1-3H3. The van der Waals surface area contributed by atoms with Gasteiger partial charge < -0.3 is 9.84 Å². The molecule has 0 aliphatic rings. The first-order valence-corrected chi connectivity index (χ1v) is 6.35. The maximum atomic E-state index is 10.1. The van der Waals surface area contributed by atoms with Crippen molar-refractivity contribution in [2.45, 2.75) is 51.7 Å². The molecule has 17 heavy (non-hydrogen) atoms. The van der Waals surface area contributed by atoms with Gasteiger partial charge in [0, 0.05) is 25.4 Å². The first-order valence-electron chi connectivity index (χ1n) is 6.35. The van der Waals surface area contributed by atoms with Crippen LogP contribution in [0, 0.1) is 0 Å². The summed E-state index contributed by atoms with van der Waals surface area (Å²) in [6.45, 7) is 4.20. The summed E-state index contributed by atoms with van der Waals surface area (Å²) in [4.78, 5) is 4.35. The number of nitrogens with zero attached hydrogens (tertiary/aromatic N) is 1. The molecule has 96 valence electrons. The SMILES string of the molecule is CCCC(OC)C(O)Cc1ccc(CC)cn1. The largest absolute Gasteiger partial charge is 0.390 e. The summed E-state index contributed by atoms with van der Waals surface area (Å²) in [7, 11) is 1.65. The Bertz CT molecular complexity index is 311. The Labute approximate surface area is 104 Å². The van der Waals surface area contributed by atoms with E-state index in [4.69, 9.17) is 4.74 Å². The van der Waals surface area contributed by atoms with Gasteiger partial charge in [0.25, 0.3) is 0 Å². The fourth-order valence-electron chi connectivity index (χ4n) is 1.88. The lowest BCUT2D eigenvalue weighted by atomic mass is 10.0. The summed E-state index contributed by atoms with van der Waals surface area (Å²) >= 11 is 0. The monoisotopic (exact) mass is 237 g/mol. The number of pyridine rings is 1. The molecular formula is C14H23NO2.